The number of phenols is 1. The second kappa shape index (κ2) is 9.21. The number of rotatable bonds is 5. The zero-order chi connectivity index (χ0) is 24.2. The predicted octanol–water partition coefficient (Wildman–Crippen LogP) is 5.74. The van der Waals surface area contributed by atoms with Crippen LogP contribution in [0.4, 0.5) is 22.9 Å². The van der Waals surface area contributed by atoms with Gasteiger partial charge < -0.3 is 10.4 Å². The summed E-state index contributed by atoms with van der Waals surface area (Å²) in [6, 6.07) is 19.3. The van der Waals surface area contributed by atoms with E-state index >= 15 is 0 Å². The molecule has 0 bridgehead atoms. The Balaban J connectivity index is 1.61. The molecule has 168 valence electrons. The van der Waals surface area contributed by atoms with Gasteiger partial charge in [-0.25, -0.2) is 19.5 Å². The standard InChI is InChI=1S/C25H16N8O2/c1-26-20-14-29-33(21-11-12-27-15-28-21)24(20)32-31-22-18-10-6-5-7-16(18)13-19(23(22)34)25(35)30-17-8-3-2-4-9-17/h2-15,34H,(H,30,35). The molecule has 0 aliphatic carbocycles. The van der Waals surface area contributed by atoms with Crippen molar-refractivity contribution in [3.8, 4) is 11.6 Å². The van der Waals surface area contributed by atoms with Crippen molar-refractivity contribution in [1.29, 1.82) is 0 Å². The van der Waals surface area contributed by atoms with Crippen LogP contribution in [0.5, 0.6) is 5.75 Å². The van der Waals surface area contributed by atoms with E-state index in [1.165, 1.54) is 23.4 Å². The highest BCUT2D eigenvalue weighted by molar-refractivity contribution is 6.11. The monoisotopic (exact) mass is 460 g/mol. The van der Waals surface area contributed by atoms with Crippen molar-refractivity contribution in [3.63, 3.8) is 0 Å². The molecule has 0 saturated heterocycles. The Labute approximate surface area is 199 Å². The molecule has 0 aliphatic heterocycles. The third kappa shape index (κ3) is 4.17. The number of phenolic OH excluding ortho intramolecular Hbond substituents is 1. The highest BCUT2D eigenvalue weighted by Crippen LogP contribution is 2.40. The molecule has 2 N–H and O–H groups in total. The summed E-state index contributed by atoms with van der Waals surface area (Å²) in [7, 11) is 0. The van der Waals surface area contributed by atoms with E-state index < -0.39 is 5.91 Å². The quantitative estimate of drug-likeness (QED) is 0.256. The molecular weight excluding hydrogens is 444 g/mol. The number of nitrogens with zero attached hydrogens (tertiary/aromatic N) is 7. The number of benzene rings is 3. The molecule has 0 aliphatic rings. The molecule has 10 heteroatoms. The smallest absolute Gasteiger partial charge is 0.259 e. The van der Waals surface area contributed by atoms with Gasteiger partial charge in [0.1, 0.15) is 12.0 Å². The van der Waals surface area contributed by atoms with Crippen LogP contribution < -0.4 is 5.32 Å². The Morgan fingerprint density at radius 1 is 1.06 bits per heavy atom. The minimum Gasteiger partial charge on any atom is -0.505 e. The molecule has 3 aromatic carbocycles. The summed E-state index contributed by atoms with van der Waals surface area (Å²) in [5, 5.41) is 27.8. The lowest BCUT2D eigenvalue weighted by Crippen LogP contribution is -2.12. The average Bonchev–Trinajstić information content (AvgIpc) is 3.32. The number of fused-ring (bicyclic) bond motifs is 1. The van der Waals surface area contributed by atoms with Crippen LogP contribution in [0, 0.1) is 6.57 Å². The Morgan fingerprint density at radius 2 is 1.86 bits per heavy atom. The van der Waals surface area contributed by atoms with Gasteiger partial charge in [-0.3, -0.25) is 4.79 Å². The van der Waals surface area contributed by atoms with Crippen molar-refractivity contribution in [3.05, 3.63) is 102 Å². The van der Waals surface area contributed by atoms with Crippen molar-refractivity contribution >= 4 is 39.6 Å². The first-order chi connectivity index (χ1) is 17.2. The Bertz CT molecular complexity index is 1610. The van der Waals surface area contributed by atoms with Crippen molar-refractivity contribution < 1.29 is 9.90 Å². The lowest BCUT2D eigenvalue weighted by molar-refractivity contribution is 0.102. The SMILES string of the molecule is [C-]#[N+]c1cnn(-c2ccncn2)c1N=Nc1c(O)c(C(=O)Nc2ccccc2)cc2ccccc12. The molecule has 0 radical (unpaired) electrons. The highest BCUT2D eigenvalue weighted by Gasteiger charge is 2.19. The molecule has 5 aromatic rings. The maximum atomic E-state index is 13.0. The van der Waals surface area contributed by atoms with Crippen LogP contribution in [0.25, 0.3) is 21.4 Å². The van der Waals surface area contributed by atoms with E-state index in [-0.39, 0.29) is 28.5 Å². The number of aromatic hydroxyl groups is 1. The fourth-order valence-corrected chi connectivity index (χ4v) is 3.49. The van der Waals surface area contributed by atoms with Gasteiger partial charge in [-0.2, -0.15) is 5.10 Å². The summed E-state index contributed by atoms with van der Waals surface area (Å²) < 4.78 is 1.35. The van der Waals surface area contributed by atoms with Crippen LogP contribution in [0.2, 0.25) is 0 Å². The molecular formula is C25H16N8O2. The van der Waals surface area contributed by atoms with Crippen LogP contribution >= 0.6 is 0 Å². The fraction of sp³-hybridized carbons (Fsp3) is 0. The van der Waals surface area contributed by atoms with E-state index in [0.29, 0.717) is 22.3 Å². The number of carbonyl (C=O) groups is 1. The van der Waals surface area contributed by atoms with Crippen LogP contribution in [0.3, 0.4) is 0 Å². The van der Waals surface area contributed by atoms with Crippen LogP contribution in [0.1, 0.15) is 10.4 Å². The first-order valence-electron chi connectivity index (χ1n) is 10.4. The van der Waals surface area contributed by atoms with Crippen LogP contribution in [-0.4, -0.2) is 30.8 Å². The summed E-state index contributed by atoms with van der Waals surface area (Å²) in [5.41, 5.74) is 0.863. The number of amides is 1. The van der Waals surface area contributed by atoms with Gasteiger partial charge in [0.25, 0.3) is 11.6 Å². The first kappa shape index (κ1) is 21.4. The summed E-state index contributed by atoms with van der Waals surface area (Å²) in [5.74, 6) is -0.308. The predicted molar refractivity (Wildman–Crippen MR) is 130 cm³/mol. The average molecular weight is 460 g/mol. The van der Waals surface area contributed by atoms with Crippen molar-refractivity contribution in [2.45, 2.75) is 0 Å². The van der Waals surface area contributed by atoms with Crippen molar-refractivity contribution in [2.24, 2.45) is 10.2 Å². The lowest BCUT2D eigenvalue weighted by Gasteiger charge is -2.11. The van der Waals surface area contributed by atoms with E-state index in [2.05, 4.69) is 35.5 Å². The van der Waals surface area contributed by atoms with Gasteiger partial charge in [0.2, 0.25) is 0 Å². The molecule has 0 unspecified atom stereocenters. The maximum absolute atomic E-state index is 13.0. The number of anilines is 1. The summed E-state index contributed by atoms with van der Waals surface area (Å²) in [6.45, 7) is 7.45. The summed E-state index contributed by atoms with van der Waals surface area (Å²) in [4.78, 5) is 24.5. The molecule has 5 rings (SSSR count). The molecule has 2 aromatic heterocycles. The molecule has 0 spiro atoms. The second-order valence-corrected chi connectivity index (χ2v) is 7.31. The zero-order valence-electron chi connectivity index (χ0n) is 18.1. The van der Waals surface area contributed by atoms with Gasteiger partial charge >= 0.3 is 0 Å². The van der Waals surface area contributed by atoms with Gasteiger partial charge in [0, 0.05) is 23.3 Å². The maximum Gasteiger partial charge on any atom is 0.259 e. The Hall–Kier alpha value is -5.43. The Morgan fingerprint density at radius 3 is 2.63 bits per heavy atom. The van der Waals surface area contributed by atoms with Gasteiger partial charge in [0.15, 0.2) is 17.4 Å². The van der Waals surface area contributed by atoms with E-state index in [1.54, 1.807) is 48.5 Å². The minimum absolute atomic E-state index is 0.0382. The molecule has 0 atom stereocenters. The Kier molecular flexibility index (Phi) is 5.63. The number of carbonyl (C=O) groups excluding carboxylic acids is 1. The molecule has 1 amide bonds. The third-order valence-electron chi connectivity index (χ3n) is 5.15. The fourth-order valence-electron chi connectivity index (χ4n) is 3.49. The largest absolute Gasteiger partial charge is 0.505 e. The topological polar surface area (TPSA) is 122 Å². The summed E-state index contributed by atoms with van der Waals surface area (Å²) >= 11 is 0. The molecule has 10 nitrogen and oxygen atoms in total. The lowest BCUT2D eigenvalue weighted by atomic mass is 10.0. The second-order valence-electron chi connectivity index (χ2n) is 7.31. The number of nitrogens with one attached hydrogen (secondary N) is 1. The van der Waals surface area contributed by atoms with Gasteiger partial charge in [-0.05, 0) is 23.6 Å². The van der Waals surface area contributed by atoms with Crippen molar-refractivity contribution in [2.75, 3.05) is 5.32 Å². The normalized spacial score (nSPS) is 10.9. The van der Waals surface area contributed by atoms with Crippen molar-refractivity contribution in [1.82, 2.24) is 19.7 Å². The van der Waals surface area contributed by atoms with Crippen LogP contribution in [0.15, 0.2) is 95.7 Å². The number of aromatic nitrogens is 4. The third-order valence-corrected chi connectivity index (χ3v) is 5.15. The molecule has 0 fully saturated rings. The van der Waals surface area contributed by atoms with E-state index in [0.717, 1.165) is 0 Å². The van der Waals surface area contributed by atoms with E-state index in [9.17, 15) is 9.90 Å². The van der Waals surface area contributed by atoms with Gasteiger partial charge in [-0.1, -0.05) is 42.5 Å². The molecule has 35 heavy (non-hydrogen) atoms. The highest BCUT2D eigenvalue weighted by atomic mass is 16.3. The van der Waals surface area contributed by atoms with E-state index in [1.807, 2.05) is 18.2 Å². The zero-order valence-corrected chi connectivity index (χ0v) is 18.1. The molecule has 2 heterocycles. The number of para-hydroxylation sites is 1. The van der Waals surface area contributed by atoms with Crippen LogP contribution in [-0.2, 0) is 0 Å². The minimum atomic E-state index is -0.497. The van der Waals surface area contributed by atoms with E-state index in [4.69, 9.17) is 6.57 Å². The molecule has 0 saturated carbocycles. The summed E-state index contributed by atoms with van der Waals surface area (Å²) in [6.07, 6.45) is 4.24. The van der Waals surface area contributed by atoms with Gasteiger partial charge in [0.05, 0.1) is 18.3 Å². The first-order valence-corrected chi connectivity index (χ1v) is 10.4. The number of azo groups is 1. The van der Waals surface area contributed by atoms with Gasteiger partial charge in [-0.15, -0.1) is 10.2 Å². The number of hydrogen-bond donors (Lipinski definition) is 2. The number of hydrogen-bond acceptors (Lipinski definition) is 7.